The van der Waals surface area contributed by atoms with Crippen molar-refractivity contribution >= 4 is 29.1 Å². The first-order chi connectivity index (χ1) is 10.9. The van der Waals surface area contributed by atoms with E-state index < -0.39 is 17.6 Å². The van der Waals surface area contributed by atoms with Crippen LogP contribution in [0.15, 0.2) is 36.4 Å². The monoisotopic (exact) mass is 334 g/mol. The van der Waals surface area contributed by atoms with Crippen LogP contribution in [0.2, 0.25) is 5.02 Å². The van der Waals surface area contributed by atoms with E-state index in [1.807, 2.05) is 19.9 Å². The van der Waals surface area contributed by atoms with Crippen molar-refractivity contribution in [3.05, 3.63) is 63.9 Å². The predicted octanol–water partition coefficient (Wildman–Crippen LogP) is 3.46. The fourth-order valence-electron chi connectivity index (χ4n) is 2.15. The summed E-state index contributed by atoms with van der Waals surface area (Å²) >= 11 is 6.11. The van der Waals surface area contributed by atoms with Crippen LogP contribution in [0.4, 0.5) is 10.1 Å². The normalized spacial score (nSPS) is 10.3. The van der Waals surface area contributed by atoms with E-state index in [-0.39, 0.29) is 12.1 Å². The Morgan fingerprint density at radius 3 is 2.57 bits per heavy atom. The average Bonchev–Trinajstić information content (AvgIpc) is 2.48. The van der Waals surface area contributed by atoms with E-state index in [0.717, 1.165) is 17.2 Å². The summed E-state index contributed by atoms with van der Waals surface area (Å²) in [5.41, 5.74) is 2.49. The lowest BCUT2D eigenvalue weighted by Gasteiger charge is -2.12. The van der Waals surface area contributed by atoms with E-state index in [2.05, 4.69) is 10.6 Å². The lowest BCUT2D eigenvalue weighted by molar-refractivity contribution is -0.115. The highest BCUT2D eigenvalue weighted by Crippen LogP contribution is 2.27. The third kappa shape index (κ3) is 4.53. The molecule has 0 saturated heterocycles. The minimum absolute atomic E-state index is 0.155. The molecule has 0 saturated carbocycles. The number of nitrogens with one attached hydrogen (secondary N) is 2. The summed E-state index contributed by atoms with van der Waals surface area (Å²) in [5.74, 6) is -1.45. The van der Waals surface area contributed by atoms with Gasteiger partial charge in [0.15, 0.2) is 0 Å². The van der Waals surface area contributed by atoms with Gasteiger partial charge in [-0.25, -0.2) is 4.39 Å². The fraction of sp³-hybridized carbons (Fsp3) is 0.176. The minimum atomic E-state index is -0.522. The van der Waals surface area contributed by atoms with Crippen LogP contribution in [-0.2, 0) is 4.79 Å². The third-order valence-corrected chi connectivity index (χ3v) is 3.49. The maximum Gasteiger partial charge on any atom is 0.251 e. The van der Waals surface area contributed by atoms with Crippen molar-refractivity contribution in [3.63, 3.8) is 0 Å². The van der Waals surface area contributed by atoms with Gasteiger partial charge in [-0.3, -0.25) is 9.59 Å². The molecule has 2 N–H and O–H groups in total. The number of rotatable bonds is 4. The van der Waals surface area contributed by atoms with Crippen molar-refractivity contribution in [3.8, 4) is 0 Å². The molecule has 0 aliphatic carbocycles. The van der Waals surface area contributed by atoms with Gasteiger partial charge in [0, 0.05) is 5.56 Å². The summed E-state index contributed by atoms with van der Waals surface area (Å²) in [6, 6.07) is 8.89. The molecule has 6 heteroatoms. The van der Waals surface area contributed by atoms with Crippen LogP contribution >= 0.6 is 11.6 Å². The molecule has 4 nitrogen and oxygen atoms in total. The zero-order chi connectivity index (χ0) is 17.0. The SMILES string of the molecule is Cc1cc(C)c(NC(=O)CNC(=O)c2cccc(F)c2)c(Cl)c1. The number of anilines is 1. The first kappa shape index (κ1) is 17.0. The van der Waals surface area contributed by atoms with Gasteiger partial charge in [-0.05, 0) is 49.2 Å². The highest BCUT2D eigenvalue weighted by molar-refractivity contribution is 6.34. The van der Waals surface area contributed by atoms with E-state index in [1.165, 1.54) is 18.2 Å². The number of hydrogen-bond donors (Lipinski definition) is 2. The molecule has 0 bridgehead atoms. The van der Waals surface area contributed by atoms with Crippen LogP contribution < -0.4 is 10.6 Å². The Morgan fingerprint density at radius 1 is 1.17 bits per heavy atom. The molecule has 120 valence electrons. The van der Waals surface area contributed by atoms with Gasteiger partial charge in [0.1, 0.15) is 5.82 Å². The first-order valence-corrected chi connectivity index (χ1v) is 7.35. The fourth-order valence-corrected chi connectivity index (χ4v) is 2.52. The molecular weight excluding hydrogens is 319 g/mol. The number of halogens is 2. The molecule has 2 aromatic rings. The highest BCUT2D eigenvalue weighted by Gasteiger charge is 2.12. The molecule has 2 rings (SSSR count). The molecule has 0 fully saturated rings. The van der Waals surface area contributed by atoms with Gasteiger partial charge in [0.2, 0.25) is 5.91 Å². The van der Waals surface area contributed by atoms with Crippen molar-refractivity contribution in [1.82, 2.24) is 5.32 Å². The summed E-state index contributed by atoms with van der Waals surface area (Å²) in [4.78, 5) is 23.8. The summed E-state index contributed by atoms with van der Waals surface area (Å²) < 4.78 is 13.1. The first-order valence-electron chi connectivity index (χ1n) is 6.97. The van der Waals surface area contributed by atoms with E-state index in [4.69, 9.17) is 11.6 Å². The standard InChI is InChI=1S/C17H16ClFN2O2/c1-10-6-11(2)16(14(18)7-10)21-15(22)9-20-17(23)12-4-3-5-13(19)8-12/h3-8H,9H2,1-2H3,(H,20,23)(H,21,22). The molecule has 0 atom stereocenters. The number of hydrogen-bond acceptors (Lipinski definition) is 2. The van der Waals surface area contributed by atoms with Gasteiger partial charge in [-0.1, -0.05) is 23.7 Å². The van der Waals surface area contributed by atoms with Gasteiger partial charge < -0.3 is 10.6 Å². The van der Waals surface area contributed by atoms with E-state index >= 15 is 0 Å². The van der Waals surface area contributed by atoms with Crippen molar-refractivity contribution in [2.45, 2.75) is 13.8 Å². The largest absolute Gasteiger partial charge is 0.343 e. The Morgan fingerprint density at radius 2 is 1.91 bits per heavy atom. The lowest BCUT2D eigenvalue weighted by Crippen LogP contribution is -2.33. The molecule has 23 heavy (non-hydrogen) atoms. The number of carbonyl (C=O) groups is 2. The molecule has 2 amide bonds. The summed E-state index contributed by atoms with van der Waals surface area (Å²) in [6.45, 7) is 3.50. The maximum atomic E-state index is 13.1. The van der Waals surface area contributed by atoms with Gasteiger partial charge in [0.05, 0.1) is 17.3 Å². The quantitative estimate of drug-likeness (QED) is 0.899. The molecule has 2 aromatic carbocycles. The highest BCUT2D eigenvalue weighted by atomic mass is 35.5. The van der Waals surface area contributed by atoms with E-state index in [1.54, 1.807) is 6.07 Å². The lowest BCUT2D eigenvalue weighted by atomic mass is 10.1. The van der Waals surface area contributed by atoms with Crippen molar-refractivity contribution < 1.29 is 14.0 Å². The Bertz CT molecular complexity index is 739. The van der Waals surface area contributed by atoms with Gasteiger partial charge in [-0.2, -0.15) is 0 Å². The summed E-state index contributed by atoms with van der Waals surface area (Å²) in [5, 5.41) is 5.54. The van der Waals surface area contributed by atoms with E-state index in [9.17, 15) is 14.0 Å². The van der Waals surface area contributed by atoms with Crippen LogP contribution in [-0.4, -0.2) is 18.4 Å². The topological polar surface area (TPSA) is 58.2 Å². The third-order valence-electron chi connectivity index (χ3n) is 3.19. The average molecular weight is 335 g/mol. The van der Waals surface area contributed by atoms with Crippen LogP contribution in [0.3, 0.4) is 0 Å². The second-order valence-corrected chi connectivity index (χ2v) is 5.59. The Balaban J connectivity index is 1.97. The van der Waals surface area contributed by atoms with Crippen molar-refractivity contribution in [2.24, 2.45) is 0 Å². The number of benzene rings is 2. The van der Waals surface area contributed by atoms with Crippen LogP contribution in [0, 0.1) is 19.7 Å². The predicted molar refractivity (Wildman–Crippen MR) is 88.3 cm³/mol. The van der Waals surface area contributed by atoms with Gasteiger partial charge >= 0.3 is 0 Å². The summed E-state index contributed by atoms with van der Waals surface area (Å²) in [7, 11) is 0. The second-order valence-electron chi connectivity index (χ2n) is 5.18. The minimum Gasteiger partial charge on any atom is -0.343 e. The number of amides is 2. The summed E-state index contributed by atoms with van der Waals surface area (Å²) in [6.07, 6.45) is 0. The molecule has 0 aliphatic heterocycles. The molecule has 0 radical (unpaired) electrons. The van der Waals surface area contributed by atoms with E-state index in [0.29, 0.717) is 10.7 Å². The number of aryl methyl sites for hydroxylation is 2. The zero-order valence-corrected chi connectivity index (χ0v) is 13.5. The maximum absolute atomic E-state index is 13.1. The smallest absolute Gasteiger partial charge is 0.251 e. The van der Waals surface area contributed by atoms with Gasteiger partial charge in [0.25, 0.3) is 5.91 Å². The molecule has 0 spiro atoms. The van der Waals surface area contributed by atoms with Crippen LogP contribution in [0.25, 0.3) is 0 Å². The van der Waals surface area contributed by atoms with Crippen LogP contribution in [0.5, 0.6) is 0 Å². The van der Waals surface area contributed by atoms with Crippen molar-refractivity contribution in [1.29, 1.82) is 0 Å². The zero-order valence-electron chi connectivity index (χ0n) is 12.7. The molecular formula is C17H16ClFN2O2. The molecule has 0 aromatic heterocycles. The second kappa shape index (κ2) is 7.24. The van der Waals surface area contributed by atoms with Gasteiger partial charge in [-0.15, -0.1) is 0 Å². The Hall–Kier alpha value is -2.40. The molecule has 0 unspecified atom stereocenters. The Kier molecular flexibility index (Phi) is 5.34. The van der Waals surface area contributed by atoms with Crippen LogP contribution in [0.1, 0.15) is 21.5 Å². The molecule has 0 heterocycles. The Labute approximate surface area is 138 Å². The van der Waals surface area contributed by atoms with Crippen molar-refractivity contribution in [2.75, 3.05) is 11.9 Å². The molecule has 0 aliphatic rings. The number of carbonyl (C=O) groups excluding carboxylic acids is 2.